The third-order valence-corrected chi connectivity index (χ3v) is 3.60. The first kappa shape index (κ1) is 15.6. The summed E-state index contributed by atoms with van der Waals surface area (Å²) in [6, 6.07) is 15.0. The highest BCUT2D eigenvalue weighted by molar-refractivity contribution is 9.09. The molecule has 0 aliphatic carbocycles. The van der Waals surface area contributed by atoms with Gasteiger partial charge in [-0.15, -0.1) is 0 Å². The van der Waals surface area contributed by atoms with Crippen molar-refractivity contribution in [3.05, 3.63) is 65.2 Å². The highest BCUT2D eigenvalue weighted by atomic mass is 79.9. The molecule has 0 saturated heterocycles. The van der Waals surface area contributed by atoms with Crippen LogP contribution in [0.1, 0.15) is 21.5 Å². The summed E-state index contributed by atoms with van der Waals surface area (Å²) < 4.78 is 0. The number of halogens is 1. The third-order valence-electron chi connectivity index (χ3n) is 3.24. The first-order valence-electron chi connectivity index (χ1n) is 6.80. The van der Waals surface area contributed by atoms with Gasteiger partial charge in [-0.05, 0) is 30.2 Å². The Morgan fingerprint density at radius 1 is 1.19 bits per heavy atom. The highest BCUT2D eigenvalue weighted by Crippen LogP contribution is 2.21. The molecule has 0 fully saturated rings. The van der Waals surface area contributed by atoms with Crippen molar-refractivity contribution >= 4 is 21.8 Å². The number of amides is 1. The number of alkyl halides is 1. The van der Waals surface area contributed by atoms with E-state index in [-0.39, 0.29) is 11.7 Å². The Morgan fingerprint density at radius 2 is 1.90 bits per heavy atom. The normalized spacial score (nSPS) is 10.4. The van der Waals surface area contributed by atoms with E-state index in [9.17, 15) is 9.90 Å². The van der Waals surface area contributed by atoms with Crippen LogP contribution in [0.25, 0.3) is 0 Å². The minimum Gasteiger partial charge on any atom is -0.507 e. The average Bonchev–Trinajstić information content (AvgIpc) is 2.47. The van der Waals surface area contributed by atoms with Gasteiger partial charge in [-0.3, -0.25) is 4.79 Å². The zero-order chi connectivity index (χ0) is 15.2. The van der Waals surface area contributed by atoms with Crippen molar-refractivity contribution in [1.82, 2.24) is 4.90 Å². The van der Waals surface area contributed by atoms with Gasteiger partial charge in [-0.2, -0.15) is 0 Å². The smallest absolute Gasteiger partial charge is 0.257 e. The maximum Gasteiger partial charge on any atom is 0.257 e. The maximum absolute atomic E-state index is 12.6. The third kappa shape index (κ3) is 4.08. The van der Waals surface area contributed by atoms with Gasteiger partial charge >= 0.3 is 0 Å². The Bertz CT molecular complexity index is 613. The Labute approximate surface area is 133 Å². The lowest BCUT2D eigenvalue weighted by molar-refractivity contribution is 0.0751. The summed E-state index contributed by atoms with van der Waals surface area (Å²) in [5.41, 5.74) is 2.34. The second-order valence-electron chi connectivity index (χ2n) is 4.92. The van der Waals surface area contributed by atoms with Gasteiger partial charge in [0.1, 0.15) is 5.75 Å². The first-order chi connectivity index (χ1) is 10.1. The standard InChI is InChI=1S/C17H18BrNO2/c1-13-7-8-15(16(20)11-13)17(21)19(10-9-18)12-14-5-3-2-4-6-14/h2-8,11,20H,9-10,12H2,1H3. The molecule has 2 rings (SSSR count). The summed E-state index contributed by atoms with van der Waals surface area (Å²) in [7, 11) is 0. The minimum absolute atomic E-state index is 0.0348. The zero-order valence-corrected chi connectivity index (χ0v) is 13.5. The Hall–Kier alpha value is -1.81. The molecular weight excluding hydrogens is 330 g/mol. The average molecular weight is 348 g/mol. The van der Waals surface area contributed by atoms with Crippen molar-refractivity contribution in [3.63, 3.8) is 0 Å². The van der Waals surface area contributed by atoms with E-state index in [0.717, 1.165) is 11.1 Å². The van der Waals surface area contributed by atoms with Gasteiger partial charge in [-0.25, -0.2) is 0 Å². The number of rotatable bonds is 5. The molecule has 0 radical (unpaired) electrons. The van der Waals surface area contributed by atoms with Crippen LogP contribution in [0.4, 0.5) is 0 Å². The summed E-state index contributed by atoms with van der Waals surface area (Å²) >= 11 is 3.38. The topological polar surface area (TPSA) is 40.5 Å². The number of carbonyl (C=O) groups is 1. The van der Waals surface area contributed by atoms with E-state index in [0.29, 0.717) is 24.0 Å². The molecule has 110 valence electrons. The molecule has 4 heteroatoms. The van der Waals surface area contributed by atoms with E-state index < -0.39 is 0 Å². The van der Waals surface area contributed by atoms with Crippen LogP contribution in [0.3, 0.4) is 0 Å². The Balaban J connectivity index is 2.23. The second kappa shape index (κ2) is 7.27. The SMILES string of the molecule is Cc1ccc(C(=O)N(CCBr)Cc2ccccc2)c(O)c1. The molecule has 0 aliphatic heterocycles. The number of nitrogens with zero attached hydrogens (tertiary/aromatic N) is 1. The lowest BCUT2D eigenvalue weighted by atomic mass is 10.1. The number of aromatic hydroxyl groups is 1. The highest BCUT2D eigenvalue weighted by Gasteiger charge is 2.18. The fourth-order valence-corrected chi connectivity index (χ4v) is 2.58. The van der Waals surface area contributed by atoms with Crippen LogP contribution in [0.2, 0.25) is 0 Å². The molecule has 3 nitrogen and oxygen atoms in total. The number of phenols is 1. The van der Waals surface area contributed by atoms with Crippen molar-refractivity contribution in [2.45, 2.75) is 13.5 Å². The molecule has 1 N–H and O–H groups in total. The van der Waals surface area contributed by atoms with E-state index >= 15 is 0 Å². The molecule has 0 heterocycles. The molecule has 2 aromatic rings. The molecule has 0 unspecified atom stereocenters. The van der Waals surface area contributed by atoms with E-state index in [1.165, 1.54) is 0 Å². The predicted octanol–water partition coefficient (Wildman–Crippen LogP) is 3.74. The quantitative estimate of drug-likeness (QED) is 0.837. The molecule has 1 amide bonds. The number of carbonyl (C=O) groups excluding carboxylic acids is 1. The molecule has 0 saturated carbocycles. The van der Waals surface area contributed by atoms with Gasteiger partial charge in [0.2, 0.25) is 0 Å². The number of hydrogen-bond acceptors (Lipinski definition) is 2. The van der Waals surface area contributed by atoms with Gasteiger partial charge in [0.25, 0.3) is 5.91 Å². The molecule has 0 aliphatic rings. The van der Waals surface area contributed by atoms with Crippen LogP contribution >= 0.6 is 15.9 Å². The number of phenolic OH excluding ortho intramolecular Hbond substituents is 1. The van der Waals surface area contributed by atoms with Gasteiger partial charge in [0, 0.05) is 18.4 Å². The summed E-state index contributed by atoms with van der Waals surface area (Å²) in [4.78, 5) is 14.3. The van der Waals surface area contributed by atoms with E-state index in [4.69, 9.17) is 0 Å². The maximum atomic E-state index is 12.6. The first-order valence-corrected chi connectivity index (χ1v) is 7.92. The lowest BCUT2D eigenvalue weighted by Gasteiger charge is -2.22. The van der Waals surface area contributed by atoms with Crippen LogP contribution in [0.15, 0.2) is 48.5 Å². The molecule has 0 bridgehead atoms. The van der Waals surface area contributed by atoms with Gasteiger partial charge in [0.15, 0.2) is 0 Å². The molecule has 0 atom stereocenters. The van der Waals surface area contributed by atoms with Crippen molar-refractivity contribution < 1.29 is 9.90 Å². The number of benzene rings is 2. The van der Waals surface area contributed by atoms with Gasteiger partial charge in [0.05, 0.1) is 5.56 Å². The second-order valence-corrected chi connectivity index (χ2v) is 5.71. The monoisotopic (exact) mass is 347 g/mol. The van der Waals surface area contributed by atoms with E-state index in [1.54, 1.807) is 17.0 Å². The lowest BCUT2D eigenvalue weighted by Crippen LogP contribution is -2.32. The van der Waals surface area contributed by atoms with Crippen LogP contribution in [0.5, 0.6) is 5.75 Å². The summed E-state index contributed by atoms with van der Waals surface area (Å²) in [5.74, 6) is -0.122. The molecule has 21 heavy (non-hydrogen) atoms. The van der Waals surface area contributed by atoms with E-state index in [2.05, 4.69) is 15.9 Å². The van der Waals surface area contributed by atoms with Gasteiger partial charge < -0.3 is 10.0 Å². The van der Waals surface area contributed by atoms with Crippen LogP contribution in [-0.2, 0) is 6.54 Å². The van der Waals surface area contributed by atoms with Crippen LogP contribution in [-0.4, -0.2) is 27.8 Å². The number of hydrogen-bond donors (Lipinski definition) is 1. The molecule has 0 aromatic heterocycles. The van der Waals surface area contributed by atoms with Crippen molar-refractivity contribution in [2.24, 2.45) is 0 Å². The molecule has 2 aromatic carbocycles. The van der Waals surface area contributed by atoms with Crippen molar-refractivity contribution in [1.29, 1.82) is 0 Å². The molecular formula is C17H18BrNO2. The van der Waals surface area contributed by atoms with Gasteiger partial charge in [-0.1, -0.05) is 52.3 Å². The Kier molecular flexibility index (Phi) is 5.39. The zero-order valence-electron chi connectivity index (χ0n) is 11.9. The summed E-state index contributed by atoms with van der Waals surface area (Å²) in [6.07, 6.45) is 0. The predicted molar refractivity (Wildman–Crippen MR) is 87.8 cm³/mol. The fraction of sp³-hybridized carbons (Fsp3) is 0.235. The van der Waals surface area contributed by atoms with Crippen molar-refractivity contribution in [2.75, 3.05) is 11.9 Å². The van der Waals surface area contributed by atoms with Crippen LogP contribution < -0.4 is 0 Å². The Morgan fingerprint density at radius 3 is 2.52 bits per heavy atom. The largest absolute Gasteiger partial charge is 0.507 e. The number of aryl methyl sites for hydroxylation is 1. The van der Waals surface area contributed by atoms with E-state index in [1.807, 2.05) is 43.3 Å². The van der Waals surface area contributed by atoms with Crippen molar-refractivity contribution in [3.8, 4) is 5.75 Å². The summed E-state index contributed by atoms with van der Waals surface area (Å²) in [6.45, 7) is 2.99. The fourth-order valence-electron chi connectivity index (χ4n) is 2.15. The summed E-state index contributed by atoms with van der Waals surface area (Å²) in [5, 5.41) is 10.7. The van der Waals surface area contributed by atoms with Crippen LogP contribution in [0, 0.1) is 6.92 Å². The minimum atomic E-state index is -0.157. The molecule has 0 spiro atoms.